The standard InChI is InChI=1S/C22H18O12.C13H12O8/c23-13-5-1-11(9-15(13)25)3-7-17(27)33-19(21(29)30)20(22(31)32)34-18(28)8-4-12-2-6-14(24)16(26)10-12;14-8-3-1-7(5-9(8)15)2-4-12(18)21-10(13(19)20)6-11(16)17/h1-10,19-20,23-26H,(H,29,30)(H,31,32);1-5,10,14-15H,6H2,(H,16,17)(H,19,20)/b7-3+,8-4+;4-2+. The molecule has 0 saturated heterocycles. The lowest BCUT2D eigenvalue weighted by atomic mass is 10.2. The number of carboxylic acids is 4. The SMILES string of the molecule is O=C(/C=C/c1ccc(O)c(O)c1)OC(C(=O)O)C(OC(=O)/C=C/c1ccc(O)c(O)c1)C(=O)O.O=C(O)CC(OC(=O)/C=C/c1ccc(O)c(O)c1)C(=O)O. The van der Waals surface area contributed by atoms with E-state index < -0.39 is 89.5 Å². The van der Waals surface area contributed by atoms with Gasteiger partial charge in [-0.2, -0.15) is 0 Å². The van der Waals surface area contributed by atoms with Crippen LogP contribution in [0.25, 0.3) is 18.2 Å². The summed E-state index contributed by atoms with van der Waals surface area (Å²) in [6.45, 7) is 0. The van der Waals surface area contributed by atoms with E-state index in [0.29, 0.717) is 5.56 Å². The maximum Gasteiger partial charge on any atom is 0.349 e. The number of carbonyl (C=O) groups is 7. The van der Waals surface area contributed by atoms with Crippen molar-refractivity contribution in [3.63, 3.8) is 0 Å². The zero-order valence-electron chi connectivity index (χ0n) is 27.7. The lowest BCUT2D eigenvalue weighted by molar-refractivity contribution is -0.183. The van der Waals surface area contributed by atoms with Gasteiger partial charge < -0.3 is 65.3 Å². The molecule has 3 aromatic rings. The zero-order chi connectivity index (χ0) is 41.4. The quantitative estimate of drug-likeness (QED) is 0.0456. The maximum absolute atomic E-state index is 12.0. The van der Waals surface area contributed by atoms with E-state index >= 15 is 0 Å². The maximum atomic E-state index is 12.0. The molecule has 0 saturated carbocycles. The number of aliphatic carboxylic acids is 4. The van der Waals surface area contributed by atoms with Crippen LogP contribution >= 0.6 is 0 Å². The van der Waals surface area contributed by atoms with Gasteiger partial charge in [-0.25, -0.2) is 28.8 Å². The van der Waals surface area contributed by atoms with Crippen LogP contribution in [0, 0.1) is 0 Å². The monoisotopic (exact) mass is 770 g/mol. The summed E-state index contributed by atoms with van der Waals surface area (Å²) < 4.78 is 13.7. The molecule has 0 aliphatic heterocycles. The topological polar surface area (TPSA) is 349 Å². The van der Waals surface area contributed by atoms with E-state index in [2.05, 4.69) is 14.2 Å². The Kier molecular flexibility index (Phi) is 15.8. The van der Waals surface area contributed by atoms with Crippen molar-refractivity contribution < 1.29 is 98.8 Å². The minimum atomic E-state index is -2.40. The van der Waals surface area contributed by atoms with Crippen LogP contribution in [0.3, 0.4) is 0 Å². The Morgan fingerprint density at radius 3 is 1.02 bits per heavy atom. The number of rotatable bonds is 15. The molecule has 0 radical (unpaired) electrons. The Hall–Kier alpha value is -8.03. The second-order valence-electron chi connectivity index (χ2n) is 10.5. The van der Waals surface area contributed by atoms with Crippen molar-refractivity contribution in [1.29, 1.82) is 0 Å². The van der Waals surface area contributed by atoms with Crippen LogP contribution in [0.15, 0.2) is 72.8 Å². The summed E-state index contributed by atoms with van der Waals surface area (Å²) in [5.41, 5.74) is 0.809. The van der Waals surface area contributed by atoms with E-state index in [0.717, 1.165) is 54.6 Å². The number of carboxylic acid groups (broad SMARTS) is 4. The summed E-state index contributed by atoms with van der Waals surface area (Å²) in [4.78, 5) is 79.5. The second-order valence-corrected chi connectivity index (χ2v) is 10.5. The highest BCUT2D eigenvalue weighted by Crippen LogP contribution is 2.27. The highest BCUT2D eigenvalue weighted by Gasteiger charge is 2.40. The molecule has 290 valence electrons. The van der Waals surface area contributed by atoms with Crippen LogP contribution < -0.4 is 0 Å². The van der Waals surface area contributed by atoms with Crippen LogP contribution in [0.2, 0.25) is 0 Å². The summed E-state index contributed by atoms with van der Waals surface area (Å²) in [5, 5.41) is 91.5. The third-order valence-corrected chi connectivity index (χ3v) is 6.38. The number of hydrogen-bond acceptors (Lipinski definition) is 16. The average Bonchev–Trinajstić information content (AvgIpc) is 3.10. The molecule has 20 heteroatoms. The van der Waals surface area contributed by atoms with Gasteiger partial charge in [-0.05, 0) is 71.3 Å². The van der Waals surface area contributed by atoms with E-state index in [1.165, 1.54) is 36.4 Å². The molecule has 0 aliphatic carbocycles. The number of carbonyl (C=O) groups excluding carboxylic acids is 3. The molecule has 0 heterocycles. The van der Waals surface area contributed by atoms with Gasteiger partial charge in [-0.1, -0.05) is 18.2 Å². The number of benzene rings is 3. The normalized spacial score (nSPS) is 12.5. The van der Waals surface area contributed by atoms with E-state index in [-0.39, 0.29) is 22.6 Å². The Morgan fingerprint density at radius 2 is 0.764 bits per heavy atom. The van der Waals surface area contributed by atoms with Crippen LogP contribution in [-0.2, 0) is 47.8 Å². The molecule has 55 heavy (non-hydrogen) atoms. The first-order valence-electron chi connectivity index (χ1n) is 14.9. The third kappa shape index (κ3) is 14.6. The van der Waals surface area contributed by atoms with Crippen molar-refractivity contribution in [1.82, 2.24) is 0 Å². The second kappa shape index (κ2) is 20.1. The van der Waals surface area contributed by atoms with Crippen molar-refractivity contribution in [3.05, 3.63) is 89.5 Å². The Labute approximate surface area is 307 Å². The summed E-state index contributed by atoms with van der Waals surface area (Å²) in [5.74, 6) is -12.9. The van der Waals surface area contributed by atoms with Gasteiger partial charge in [0.25, 0.3) is 0 Å². The number of aromatic hydroxyl groups is 6. The molecular weight excluding hydrogens is 740 g/mol. The highest BCUT2D eigenvalue weighted by molar-refractivity contribution is 5.94. The molecule has 3 aromatic carbocycles. The molecule has 3 unspecified atom stereocenters. The van der Waals surface area contributed by atoms with Gasteiger partial charge in [0.1, 0.15) is 0 Å². The minimum Gasteiger partial charge on any atom is -0.504 e. The molecular formula is C35H30O20. The molecule has 10 N–H and O–H groups in total. The summed E-state index contributed by atoms with van der Waals surface area (Å²) >= 11 is 0. The minimum absolute atomic E-state index is 0.228. The van der Waals surface area contributed by atoms with Crippen LogP contribution in [0.5, 0.6) is 34.5 Å². The average molecular weight is 771 g/mol. The van der Waals surface area contributed by atoms with Crippen molar-refractivity contribution >= 4 is 60.0 Å². The number of phenols is 6. The molecule has 20 nitrogen and oxygen atoms in total. The number of esters is 3. The fraction of sp³-hybridized carbons (Fsp3) is 0.114. The highest BCUT2D eigenvalue weighted by atomic mass is 16.6. The molecule has 0 aliphatic rings. The summed E-state index contributed by atoms with van der Waals surface area (Å²) in [6, 6.07) is 10.8. The van der Waals surface area contributed by atoms with E-state index in [1.807, 2.05) is 0 Å². The largest absolute Gasteiger partial charge is 0.504 e. The Balaban J connectivity index is 0.000000426. The van der Waals surface area contributed by atoms with Crippen molar-refractivity contribution in [3.8, 4) is 34.5 Å². The van der Waals surface area contributed by atoms with Gasteiger partial charge in [0.2, 0.25) is 18.3 Å². The number of hydrogen-bond donors (Lipinski definition) is 10. The molecule has 0 bridgehead atoms. The lowest BCUT2D eigenvalue weighted by Crippen LogP contribution is -2.45. The van der Waals surface area contributed by atoms with Crippen LogP contribution in [0.4, 0.5) is 0 Å². The smallest absolute Gasteiger partial charge is 0.349 e. The molecule has 0 spiro atoms. The van der Waals surface area contributed by atoms with Gasteiger partial charge in [0.05, 0.1) is 6.42 Å². The van der Waals surface area contributed by atoms with E-state index in [9.17, 15) is 69.3 Å². The Bertz CT molecular complexity index is 1940. The molecule has 0 fully saturated rings. The first-order valence-corrected chi connectivity index (χ1v) is 14.9. The summed E-state index contributed by atoms with van der Waals surface area (Å²) in [7, 11) is 0. The first kappa shape index (κ1) is 43.1. The van der Waals surface area contributed by atoms with Crippen molar-refractivity contribution in [2.24, 2.45) is 0 Å². The first-order chi connectivity index (χ1) is 25.8. The number of phenolic OH excluding ortho intramolecular Hbond substituents is 6. The molecule has 3 atom stereocenters. The van der Waals surface area contributed by atoms with Crippen molar-refractivity contribution in [2.75, 3.05) is 0 Å². The molecule has 0 amide bonds. The van der Waals surface area contributed by atoms with Crippen LogP contribution in [-0.4, -0.2) is 111 Å². The van der Waals surface area contributed by atoms with Gasteiger partial charge in [0, 0.05) is 18.2 Å². The fourth-order valence-electron chi connectivity index (χ4n) is 3.75. The number of ether oxygens (including phenoxy) is 3. The predicted octanol–water partition coefficient (Wildman–Crippen LogP) is 1.81. The zero-order valence-corrected chi connectivity index (χ0v) is 27.7. The van der Waals surface area contributed by atoms with Gasteiger partial charge in [0.15, 0.2) is 34.5 Å². The lowest BCUT2D eigenvalue weighted by Gasteiger charge is -2.19. The molecule has 0 aromatic heterocycles. The van der Waals surface area contributed by atoms with E-state index in [1.54, 1.807) is 0 Å². The van der Waals surface area contributed by atoms with Gasteiger partial charge in [-0.15, -0.1) is 0 Å². The van der Waals surface area contributed by atoms with Gasteiger partial charge in [-0.3, -0.25) is 4.79 Å². The molecule has 3 rings (SSSR count). The van der Waals surface area contributed by atoms with Gasteiger partial charge >= 0.3 is 41.8 Å². The van der Waals surface area contributed by atoms with Crippen molar-refractivity contribution in [2.45, 2.75) is 24.7 Å². The third-order valence-electron chi connectivity index (χ3n) is 6.38. The van der Waals surface area contributed by atoms with Crippen LogP contribution in [0.1, 0.15) is 23.1 Å². The van der Waals surface area contributed by atoms with E-state index in [4.69, 9.17) is 15.3 Å². The predicted molar refractivity (Wildman–Crippen MR) is 181 cm³/mol. The summed E-state index contributed by atoms with van der Waals surface area (Å²) in [6.07, 6.45) is -1.70. The Morgan fingerprint density at radius 1 is 0.455 bits per heavy atom. The fourth-order valence-corrected chi connectivity index (χ4v) is 3.75.